The van der Waals surface area contributed by atoms with Gasteiger partial charge in [0.15, 0.2) is 0 Å². The molecule has 122 valence electrons. The van der Waals surface area contributed by atoms with Gasteiger partial charge >= 0.3 is 0 Å². The van der Waals surface area contributed by atoms with E-state index in [4.69, 9.17) is 4.74 Å². The fourth-order valence-electron chi connectivity index (χ4n) is 2.59. The molecule has 3 aromatic carbocycles. The van der Waals surface area contributed by atoms with Crippen molar-refractivity contribution in [1.82, 2.24) is 10.2 Å². The standard InChI is InChI=1S/C21H15FN2O/c22-17-11-9-15(10-12-17)20-14-21(24-23-20)16-5-4-8-19(13-16)25-18-6-2-1-3-7-18/h1-14H,(H,23,24). The van der Waals surface area contributed by atoms with E-state index in [0.717, 1.165) is 34.0 Å². The van der Waals surface area contributed by atoms with Gasteiger partial charge in [-0.15, -0.1) is 0 Å². The number of H-pyrrole nitrogens is 1. The Hall–Kier alpha value is -3.40. The van der Waals surface area contributed by atoms with Crippen LogP contribution >= 0.6 is 0 Å². The first kappa shape index (κ1) is 15.1. The summed E-state index contributed by atoms with van der Waals surface area (Å²) in [6, 6.07) is 25.6. The van der Waals surface area contributed by atoms with E-state index in [1.165, 1.54) is 12.1 Å². The summed E-state index contributed by atoms with van der Waals surface area (Å²) in [6.07, 6.45) is 0. The van der Waals surface area contributed by atoms with Gasteiger partial charge in [-0.3, -0.25) is 5.10 Å². The van der Waals surface area contributed by atoms with Crippen LogP contribution in [0.3, 0.4) is 0 Å². The van der Waals surface area contributed by atoms with Gasteiger partial charge in [-0.2, -0.15) is 5.10 Å². The fourth-order valence-corrected chi connectivity index (χ4v) is 2.59. The molecule has 0 saturated carbocycles. The lowest BCUT2D eigenvalue weighted by Crippen LogP contribution is -1.85. The summed E-state index contributed by atoms with van der Waals surface area (Å²) in [5, 5.41) is 7.34. The van der Waals surface area contributed by atoms with Crippen LogP contribution in [0.25, 0.3) is 22.5 Å². The van der Waals surface area contributed by atoms with Crippen molar-refractivity contribution in [1.29, 1.82) is 0 Å². The molecule has 1 N–H and O–H groups in total. The third-order valence-electron chi connectivity index (χ3n) is 3.84. The van der Waals surface area contributed by atoms with Crippen LogP contribution in [-0.2, 0) is 0 Å². The summed E-state index contributed by atoms with van der Waals surface area (Å²) < 4.78 is 18.9. The quantitative estimate of drug-likeness (QED) is 0.523. The van der Waals surface area contributed by atoms with Crippen LogP contribution in [0.5, 0.6) is 11.5 Å². The topological polar surface area (TPSA) is 37.9 Å². The van der Waals surface area contributed by atoms with Crippen molar-refractivity contribution in [2.45, 2.75) is 0 Å². The highest BCUT2D eigenvalue weighted by Crippen LogP contribution is 2.28. The number of hydrogen-bond donors (Lipinski definition) is 1. The van der Waals surface area contributed by atoms with Crippen LogP contribution in [0.15, 0.2) is 84.9 Å². The molecule has 4 rings (SSSR count). The van der Waals surface area contributed by atoms with E-state index in [1.807, 2.05) is 60.7 Å². The predicted octanol–water partition coefficient (Wildman–Crippen LogP) is 5.68. The van der Waals surface area contributed by atoms with Gasteiger partial charge in [-0.05, 0) is 54.6 Å². The molecule has 0 amide bonds. The molecule has 0 fully saturated rings. The van der Waals surface area contributed by atoms with Gasteiger partial charge in [-0.25, -0.2) is 4.39 Å². The molecule has 25 heavy (non-hydrogen) atoms. The Balaban J connectivity index is 1.60. The Bertz CT molecular complexity index is 978. The van der Waals surface area contributed by atoms with E-state index in [9.17, 15) is 4.39 Å². The van der Waals surface area contributed by atoms with Gasteiger partial charge in [0.25, 0.3) is 0 Å². The summed E-state index contributed by atoms with van der Waals surface area (Å²) >= 11 is 0. The zero-order valence-corrected chi connectivity index (χ0v) is 13.3. The largest absolute Gasteiger partial charge is 0.457 e. The monoisotopic (exact) mass is 330 g/mol. The van der Waals surface area contributed by atoms with Crippen LogP contribution in [0.4, 0.5) is 4.39 Å². The van der Waals surface area contributed by atoms with Crippen LogP contribution in [0, 0.1) is 5.82 Å². The minimum absolute atomic E-state index is 0.259. The first-order valence-corrected chi connectivity index (χ1v) is 7.93. The lowest BCUT2D eigenvalue weighted by molar-refractivity contribution is 0.483. The van der Waals surface area contributed by atoms with Gasteiger partial charge in [0, 0.05) is 11.1 Å². The smallest absolute Gasteiger partial charge is 0.128 e. The summed E-state index contributed by atoms with van der Waals surface area (Å²) in [6.45, 7) is 0. The highest BCUT2D eigenvalue weighted by molar-refractivity contribution is 5.69. The molecule has 0 aliphatic rings. The molecule has 0 unspecified atom stereocenters. The van der Waals surface area contributed by atoms with Crippen LogP contribution in [0.2, 0.25) is 0 Å². The van der Waals surface area contributed by atoms with E-state index in [0.29, 0.717) is 0 Å². The average Bonchev–Trinajstić information content (AvgIpc) is 3.14. The molecule has 1 heterocycles. The van der Waals surface area contributed by atoms with E-state index < -0.39 is 0 Å². The molecule has 0 saturated heterocycles. The second-order valence-corrected chi connectivity index (χ2v) is 5.62. The molecule has 4 heteroatoms. The Kier molecular flexibility index (Phi) is 4.01. The van der Waals surface area contributed by atoms with Gasteiger partial charge in [0.2, 0.25) is 0 Å². The number of nitrogens with one attached hydrogen (secondary N) is 1. The van der Waals surface area contributed by atoms with Crippen LogP contribution in [-0.4, -0.2) is 10.2 Å². The van der Waals surface area contributed by atoms with Crippen molar-refractivity contribution in [2.75, 3.05) is 0 Å². The van der Waals surface area contributed by atoms with Crippen molar-refractivity contribution in [3.05, 3.63) is 90.7 Å². The summed E-state index contributed by atoms with van der Waals surface area (Å²) in [5.41, 5.74) is 3.47. The zero-order chi connectivity index (χ0) is 17.1. The highest BCUT2D eigenvalue weighted by Gasteiger charge is 2.07. The van der Waals surface area contributed by atoms with Gasteiger partial charge in [0.1, 0.15) is 17.3 Å². The number of para-hydroxylation sites is 1. The van der Waals surface area contributed by atoms with E-state index in [1.54, 1.807) is 12.1 Å². The highest BCUT2D eigenvalue weighted by atomic mass is 19.1. The Morgan fingerprint density at radius 2 is 1.48 bits per heavy atom. The molecule has 0 aliphatic carbocycles. The van der Waals surface area contributed by atoms with Crippen LogP contribution < -0.4 is 4.74 Å². The van der Waals surface area contributed by atoms with Gasteiger partial charge < -0.3 is 4.74 Å². The lowest BCUT2D eigenvalue weighted by atomic mass is 10.1. The molecule has 0 bridgehead atoms. The molecular weight excluding hydrogens is 315 g/mol. The molecule has 1 aromatic heterocycles. The van der Waals surface area contributed by atoms with Crippen molar-refractivity contribution < 1.29 is 9.13 Å². The molecular formula is C21H15FN2O. The van der Waals surface area contributed by atoms with E-state index >= 15 is 0 Å². The predicted molar refractivity (Wildman–Crippen MR) is 95.9 cm³/mol. The van der Waals surface area contributed by atoms with Gasteiger partial charge in [-0.1, -0.05) is 30.3 Å². The molecule has 4 aromatic rings. The lowest BCUT2D eigenvalue weighted by Gasteiger charge is -2.06. The molecule has 0 radical (unpaired) electrons. The number of halogens is 1. The van der Waals surface area contributed by atoms with Crippen molar-refractivity contribution in [3.63, 3.8) is 0 Å². The first-order chi connectivity index (χ1) is 12.3. The second kappa shape index (κ2) is 6.61. The Morgan fingerprint density at radius 1 is 0.720 bits per heavy atom. The molecule has 0 aliphatic heterocycles. The SMILES string of the molecule is Fc1ccc(-c2cc(-c3cccc(Oc4ccccc4)c3)[nH]n2)cc1. The summed E-state index contributed by atoms with van der Waals surface area (Å²) in [7, 11) is 0. The number of aromatic amines is 1. The fraction of sp³-hybridized carbons (Fsp3) is 0. The van der Waals surface area contributed by atoms with E-state index in [-0.39, 0.29) is 5.82 Å². The van der Waals surface area contributed by atoms with E-state index in [2.05, 4.69) is 10.2 Å². The third-order valence-corrected chi connectivity index (χ3v) is 3.84. The average molecular weight is 330 g/mol. The van der Waals surface area contributed by atoms with Crippen molar-refractivity contribution in [2.24, 2.45) is 0 Å². The number of aromatic nitrogens is 2. The maximum absolute atomic E-state index is 13.1. The van der Waals surface area contributed by atoms with Crippen molar-refractivity contribution in [3.8, 4) is 34.0 Å². The maximum atomic E-state index is 13.1. The maximum Gasteiger partial charge on any atom is 0.128 e. The summed E-state index contributed by atoms with van der Waals surface area (Å²) in [5.74, 6) is 1.28. The molecule has 0 atom stereocenters. The zero-order valence-electron chi connectivity index (χ0n) is 13.3. The van der Waals surface area contributed by atoms with Crippen LogP contribution in [0.1, 0.15) is 0 Å². The van der Waals surface area contributed by atoms with Crippen molar-refractivity contribution >= 4 is 0 Å². The number of ether oxygens (including phenoxy) is 1. The number of nitrogens with zero attached hydrogens (tertiary/aromatic N) is 1. The molecule has 0 spiro atoms. The second-order valence-electron chi connectivity index (χ2n) is 5.62. The minimum Gasteiger partial charge on any atom is -0.457 e. The van der Waals surface area contributed by atoms with Gasteiger partial charge in [0.05, 0.1) is 11.4 Å². The number of hydrogen-bond acceptors (Lipinski definition) is 2. The number of rotatable bonds is 4. The normalized spacial score (nSPS) is 10.6. The molecule has 3 nitrogen and oxygen atoms in total. The third kappa shape index (κ3) is 3.43. The summed E-state index contributed by atoms with van der Waals surface area (Å²) in [4.78, 5) is 0. The number of benzene rings is 3. The first-order valence-electron chi connectivity index (χ1n) is 7.93. The Labute approximate surface area is 144 Å². The Morgan fingerprint density at radius 3 is 2.28 bits per heavy atom. The minimum atomic E-state index is -0.259.